The van der Waals surface area contributed by atoms with Crippen molar-refractivity contribution in [2.75, 3.05) is 31.9 Å². The van der Waals surface area contributed by atoms with Gasteiger partial charge in [-0.1, -0.05) is 21.1 Å². The van der Waals surface area contributed by atoms with E-state index >= 15 is 0 Å². The van der Waals surface area contributed by atoms with Crippen molar-refractivity contribution in [3.63, 3.8) is 0 Å². The first-order valence-electron chi connectivity index (χ1n) is 8.41. The van der Waals surface area contributed by atoms with Crippen LogP contribution in [0.25, 0.3) is 0 Å². The first-order chi connectivity index (χ1) is 12.5. The molecule has 0 aliphatic carbocycles. The smallest absolute Gasteiger partial charge is 0.292 e. The van der Waals surface area contributed by atoms with Crippen molar-refractivity contribution in [2.45, 2.75) is 18.2 Å². The zero-order valence-corrected chi connectivity index (χ0v) is 16.9. The number of carbonyl (C=O) groups excluding carboxylic acids is 2. The minimum atomic E-state index is -0.163. The monoisotopic (exact) mass is 437 g/mol. The number of rotatable bonds is 5. The lowest BCUT2D eigenvalue weighted by atomic mass is 10.2. The second-order valence-electron chi connectivity index (χ2n) is 6.06. The normalized spacial score (nSPS) is 14.5. The van der Waals surface area contributed by atoms with Gasteiger partial charge in [0.25, 0.3) is 5.91 Å². The van der Waals surface area contributed by atoms with Gasteiger partial charge < -0.3 is 14.3 Å². The Balaban J connectivity index is 1.41. The predicted octanol–water partition coefficient (Wildman–Crippen LogP) is 3.21. The molecule has 6 nitrogen and oxygen atoms in total. The van der Waals surface area contributed by atoms with Crippen LogP contribution < -0.4 is 0 Å². The van der Waals surface area contributed by atoms with E-state index in [0.29, 0.717) is 38.3 Å². The third-order valence-corrected chi connectivity index (χ3v) is 5.70. The van der Waals surface area contributed by atoms with Crippen LogP contribution in [-0.4, -0.2) is 58.7 Å². The van der Waals surface area contributed by atoms with E-state index < -0.39 is 0 Å². The number of aromatic nitrogens is 1. The lowest BCUT2D eigenvalue weighted by Crippen LogP contribution is -2.50. The number of amides is 2. The van der Waals surface area contributed by atoms with E-state index in [1.807, 2.05) is 29.2 Å². The standard InChI is InChI=1S/C18H20BrN3O3S/c1-13-12-16(25-20-13)18(24)22-9-7-21(8-10-22)17(23)6-11-26-15-4-2-14(19)3-5-15/h2-5,12H,6-11H2,1H3. The van der Waals surface area contributed by atoms with E-state index in [1.165, 1.54) is 0 Å². The third kappa shape index (κ3) is 4.88. The largest absolute Gasteiger partial charge is 0.351 e. The first-order valence-corrected chi connectivity index (χ1v) is 10.2. The Bertz CT molecular complexity index is 770. The topological polar surface area (TPSA) is 66.7 Å². The van der Waals surface area contributed by atoms with Gasteiger partial charge in [0, 0.05) is 53.8 Å². The van der Waals surface area contributed by atoms with Crippen LogP contribution in [0.2, 0.25) is 0 Å². The van der Waals surface area contributed by atoms with Crippen LogP contribution in [0, 0.1) is 6.92 Å². The Hall–Kier alpha value is -1.80. The molecule has 26 heavy (non-hydrogen) atoms. The van der Waals surface area contributed by atoms with Gasteiger partial charge in [-0.3, -0.25) is 9.59 Å². The van der Waals surface area contributed by atoms with E-state index in [4.69, 9.17) is 4.52 Å². The fourth-order valence-corrected chi connectivity index (χ4v) is 3.83. The van der Waals surface area contributed by atoms with Gasteiger partial charge in [0.1, 0.15) is 0 Å². The number of hydrogen-bond acceptors (Lipinski definition) is 5. The Kier molecular flexibility index (Phi) is 6.37. The van der Waals surface area contributed by atoms with Crippen LogP contribution in [0.5, 0.6) is 0 Å². The summed E-state index contributed by atoms with van der Waals surface area (Å²) in [6, 6.07) is 9.70. The summed E-state index contributed by atoms with van der Waals surface area (Å²) in [6.07, 6.45) is 0.496. The highest BCUT2D eigenvalue weighted by atomic mass is 79.9. The molecule has 0 atom stereocenters. The Morgan fingerprint density at radius 2 is 1.81 bits per heavy atom. The third-order valence-electron chi connectivity index (χ3n) is 4.16. The van der Waals surface area contributed by atoms with Crippen molar-refractivity contribution in [1.82, 2.24) is 15.0 Å². The number of hydrogen-bond donors (Lipinski definition) is 0. The first kappa shape index (κ1) is 19.0. The molecule has 0 saturated carbocycles. The molecule has 1 aromatic carbocycles. The molecule has 0 unspecified atom stereocenters. The lowest BCUT2D eigenvalue weighted by molar-refractivity contribution is -0.132. The fraction of sp³-hybridized carbons (Fsp3) is 0.389. The fourth-order valence-electron chi connectivity index (χ4n) is 2.72. The molecule has 0 bridgehead atoms. The van der Waals surface area contributed by atoms with Gasteiger partial charge in [-0.05, 0) is 31.2 Å². The summed E-state index contributed by atoms with van der Waals surface area (Å²) >= 11 is 5.09. The number of nitrogens with zero attached hydrogens (tertiary/aromatic N) is 3. The van der Waals surface area contributed by atoms with E-state index in [2.05, 4.69) is 21.1 Å². The zero-order chi connectivity index (χ0) is 18.5. The Morgan fingerprint density at radius 1 is 1.15 bits per heavy atom. The van der Waals surface area contributed by atoms with E-state index in [-0.39, 0.29) is 17.6 Å². The summed E-state index contributed by atoms with van der Waals surface area (Å²) in [4.78, 5) is 29.4. The summed E-state index contributed by atoms with van der Waals surface area (Å²) < 4.78 is 6.08. The van der Waals surface area contributed by atoms with Crippen LogP contribution in [0.4, 0.5) is 0 Å². The average molecular weight is 438 g/mol. The SMILES string of the molecule is Cc1cc(C(=O)N2CCN(C(=O)CCSc3ccc(Br)cc3)CC2)on1. The highest BCUT2D eigenvalue weighted by Gasteiger charge is 2.26. The number of piperazine rings is 1. The van der Waals surface area contributed by atoms with Crippen LogP contribution in [-0.2, 0) is 4.79 Å². The Morgan fingerprint density at radius 3 is 2.42 bits per heavy atom. The number of halogens is 1. The highest BCUT2D eigenvalue weighted by molar-refractivity contribution is 9.10. The number of thioether (sulfide) groups is 1. The molecule has 0 radical (unpaired) electrons. The minimum absolute atomic E-state index is 0.136. The highest BCUT2D eigenvalue weighted by Crippen LogP contribution is 2.21. The minimum Gasteiger partial charge on any atom is -0.351 e. The summed E-state index contributed by atoms with van der Waals surface area (Å²) in [7, 11) is 0. The second kappa shape index (κ2) is 8.73. The van der Waals surface area contributed by atoms with E-state index in [0.717, 1.165) is 15.1 Å². The molecule has 1 aromatic heterocycles. The molecule has 2 aromatic rings. The maximum atomic E-state index is 12.4. The summed E-state index contributed by atoms with van der Waals surface area (Å²) in [5.74, 6) is 0.977. The molecule has 1 aliphatic rings. The molecular formula is C18H20BrN3O3S. The maximum absolute atomic E-state index is 12.4. The molecular weight excluding hydrogens is 418 g/mol. The van der Waals surface area contributed by atoms with Crippen LogP contribution >= 0.6 is 27.7 Å². The summed E-state index contributed by atoms with van der Waals surface area (Å²) in [5.41, 5.74) is 0.686. The molecule has 138 valence electrons. The van der Waals surface area contributed by atoms with Crippen molar-refractivity contribution >= 4 is 39.5 Å². The van der Waals surface area contributed by atoms with Gasteiger partial charge in [0.05, 0.1) is 5.69 Å². The molecule has 1 fully saturated rings. The van der Waals surface area contributed by atoms with Crippen molar-refractivity contribution in [2.24, 2.45) is 0 Å². The molecule has 8 heteroatoms. The van der Waals surface area contributed by atoms with Crippen LogP contribution in [0.3, 0.4) is 0 Å². The molecule has 3 rings (SSSR count). The van der Waals surface area contributed by atoms with Gasteiger partial charge in [0.15, 0.2) is 0 Å². The molecule has 1 saturated heterocycles. The van der Waals surface area contributed by atoms with Crippen molar-refractivity contribution in [3.05, 3.63) is 46.3 Å². The molecule has 0 spiro atoms. The van der Waals surface area contributed by atoms with Gasteiger partial charge in [-0.15, -0.1) is 11.8 Å². The Labute approximate surface area is 165 Å². The lowest BCUT2D eigenvalue weighted by Gasteiger charge is -2.34. The van der Waals surface area contributed by atoms with Gasteiger partial charge in [0.2, 0.25) is 11.7 Å². The van der Waals surface area contributed by atoms with Crippen molar-refractivity contribution in [1.29, 1.82) is 0 Å². The number of aryl methyl sites for hydroxylation is 1. The molecule has 2 heterocycles. The quantitative estimate of drug-likeness (QED) is 0.671. The molecule has 2 amide bonds. The maximum Gasteiger partial charge on any atom is 0.292 e. The van der Waals surface area contributed by atoms with Gasteiger partial charge in [-0.25, -0.2) is 0 Å². The predicted molar refractivity (Wildman–Crippen MR) is 103 cm³/mol. The molecule has 0 N–H and O–H groups in total. The van der Waals surface area contributed by atoms with Gasteiger partial charge >= 0.3 is 0 Å². The number of carbonyl (C=O) groups is 2. The number of benzene rings is 1. The van der Waals surface area contributed by atoms with Gasteiger partial charge in [-0.2, -0.15) is 0 Å². The summed E-state index contributed by atoms with van der Waals surface area (Å²) in [6.45, 7) is 3.93. The summed E-state index contributed by atoms with van der Waals surface area (Å²) in [5, 5.41) is 3.75. The van der Waals surface area contributed by atoms with Crippen LogP contribution in [0.15, 0.2) is 44.2 Å². The molecule has 1 aliphatic heterocycles. The van der Waals surface area contributed by atoms with E-state index in [9.17, 15) is 9.59 Å². The zero-order valence-electron chi connectivity index (χ0n) is 14.5. The van der Waals surface area contributed by atoms with Crippen molar-refractivity contribution in [3.8, 4) is 0 Å². The van der Waals surface area contributed by atoms with Crippen LogP contribution in [0.1, 0.15) is 22.7 Å². The second-order valence-corrected chi connectivity index (χ2v) is 8.14. The van der Waals surface area contributed by atoms with E-state index in [1.54, 1.807) is 29.7 Å². The average Bonchev–Trinajstić information content (AvgIpc) is 3.09. The van der Waals surface area contributed by atoms with Crippen molar-refractivity contribution < 1.29 is 14.1 Å².